The molecular weight excluding hydrogens is 248 g/mol. The van der Waals surface area contributed by atoms with Gasteiger partial charge in [-0.1, -0.05) is 37.8 Å². The van der Waals surface area contributed by atoms with E-state index < -0.39 is 0 Å². The largest absolute Gasteiger partial charge is 0.326 e. The first-order valence-corrected chi connectivity index (χ1v) is 7.97. The summed E-state index contributed by atoms with van der Waals surface area (Å²) in [4.78, 5) is 12.5. The summed E-state index contributed by atoms with van der Waals surface area (Å²) >= 11 is 0. The molecule has 0 atom stereocenters. The third kappa shape index (κ3) is 3.04. The second-order valence-electron chi connectivity index (χ2n) is 6.05. The van der Waals surface area contributed by atoms with Gasteiger partial charge in [0.15, 0.2) is 0 Å². The van der Waals surface area contributed by atoms with E-state index in [1.807, 2.05) is 6.07 Å². The minimum Gasteiger partial charge on any atom is -0.326 e. The van der Waals surface area contributed by atoms with Crippen molar-refractivity contribution in [2.24, 2.45) is 5.92 Å². The highest BCUT2D eigenvalue weighted by Crippen LogP contribution is 2.27. The van der Waals surface area contributed by atoms with Crippen LogP contribution in [0.25, 0.3) is 0 Å². The Morgan fingerprint density at radius 1 is 1.15 bits per heavy atom. The number of rotatable bonds is 2. The Morgan fingerprint density at radius 2 is 1.95 bits per heavy atom. The average Bonchev–Trinajstić information content (AvgIpc) is 2.77. The molecule has 0 radical (unpaired) electrons. The molecule has 20 heavy (non-hydrogen) atoms. The van der Waals surface area contributed by atoms with E-state index in [4.69, 9.17) is 0 Å². The van der Waals surface area contributed by atoms with Crippen molar-refractivity contribution >= 4 is 11.6 Å². The predicted octanol–water partition coefficient (Wildman–Crippen LogP) is 3.24. The number of carbonyl (C=O) groups excluding carboxylic acids is 1. The topological polar surface area (TPSA) is 41.1 Å². The van der Waals surface area contributed by atoms with Crippen molar-refractivity contribution in [2.45, 2.75) is 51.5 Å². The average molecular weight is 272 g/mol. The molecule has 1 aliphatic carbocycles. The van der Waals surface area contributed by atoms with Gasteiger partial charge in [0, 0.05) is 18.2 Å². The molecule has 3 heteroatoms. The molecule has 108 valence electrons. The zero-order valence-electron chi connectivity index (χ0n) is 12.1. The zero-order chi connectivity index (χ0) is 13.8. The van der Waals surface area contributed by atoms with Crippen LogP contribution >= 0.6 is 0 Å². The first-order chi connectivity index (χ1) is 9.84. The summed E-state index contributed by atoms with van der Waals surface area (Å²) < 4.78 is 0. The number of hydrogen-bond acceptors (Lipinski definition) is 2. The summed E-state index contributed by atoms with van der Waals surface area (Å²) in [6.07, 6.45) is 8.14. The van der Waals surface area contributed by atoms with Crippen molar-refractivity contribution in [2.75, 3.05) is 11.9 Å². The molecule has 3 nitrogen and oxygen atoms in total. The molecule has 1 aromatic carbocycles. The van der Waals surface area contributed by atoms with E-state index in [0.717, 1.165) is 38.0 Å². The predicted molar refractivity (Wildman–Crippen MR) is 81.7 cm³/mol. The summed E-state index contributed by atoms with van der Waals surface area (Å²) in [6, 6.07) is 6.28. The first-order valence-electron chi connectivity index (χ1n) is 7.97. The Bertz CT molecular complexity index is 476. The quantitative estimate of drug-likeness (QED) is 0.811. The maximum absolute atomic E-state index is 12.5. The molecule has 2 aliphatic rings. The highest BCUT2D eigenvalue weighted by atomic mass is 16.1. The van der Waals surface area contributed by atoms with E-state index >= 15 is 0 Å². The molecule has 1 fully saturated rings. The molecule has 1 aromatic rings. The summed E-state index contributed by atoms with van der Waals surface area (Å²) in [5, 5.41) is 6.58. The number of nitrogens with one attached hydrogen (secondary N) is 2. The number of hydrogen-bond donors (Lipinski definition) is 2. The third-order valence-electron chi connectivity index (χ3n) is 4.63. The standard InChI is InChI=1S/C17H24N2O/c20-17(14-6-3-1-2-4-7-14)19-16-9-5-8-13-10-11-18-12-15(13)16/h5,8-9,14,18H,1-4,6-7,10-12H2,(H,19,20). The van der Waals surface area contributed by atoms with Crippen LogP contribution in [0.1, 0.15) is 49.7 Å². The fourth-order valence-electron chi connectivity index (χ4n) is 3.41. The Kier molecular flexibility index (Phi) is 4.36. The fourth-order valence-corrected chi connectivity index (χ4v) is 3.41. The van der Waals surface area contributed by atoms with Crippen LogP contribution in [0, 0.1) is 5.92 Å². The van der Waals surface area contributed by atoms with Crippen LogP contribution in [0.5, 0.6) is 0 Å². The lowest BCUT2D eigenvalue weighted by atomic mass is 9.97. The van der Waals surface area contributed by atoms with Crippen LogP contribution < -0.4 is 10.6 Å². The van der Waals surface area contributed by atoms with Crippen LogP contribution in [0.3, 0.4) is 0 Å². The summed E-state index contributed by atoms with van der Waals surface area (Å²) in [5.41, 5.74) is 3.67. The van der Waals surface area contributed by atoms with E-state index in [1.165, 1.54) is 36.8 Å². The Balaban J connectivity index is 1.72. The van der Waals surface area contributed by atoms with Gasteiger partial charge in [-0.25, -0.2) is 0 Å². The smallest absolute Gasteiger partial charge is 0.227 e. The normalized spacial score (nSPS) is 20.0. The van der Waals surface area contributed by atoms with E-state index in [9.17, 15) is 4.79 Å². The molecular formula is C17H24N2O. The van der Waals surface area contributed by atoms with Gasteiger partial charge in [-0.15, -0.1) is 0 Å². The van der Waals surface area contributed by atoms with Crippen molar-refractivity contribution in [3.05, 3.63) is 29.3 Å². The molecule has 0 saturated heterocycles. The molecule has 1 heterocycles. The summed E-state index contributed by atoms with van der Waals surface area (Å²) in [5.74, 6) is 0.441. The highest BCUT2D eigenvalue weighted by molar-refractivity contribution is 5.93. The lowest BCUT2D eigenvalue weighted by Gasteiger charge is -2.22. The van der Waals surface area contributed by atoms with E-state index in [-0.39, 0.29) is 11.8 Å². The number of anilines is 1. The molecule has 1 aliphatic heterocycles. The maximum Gasteiger partial charge on any atom is 0.227 e. The monoisotopic (exact) mass is 272 g/mol. The minimum absolute atomic E-state index is 0.213. The second-order valence-corrected chi connectivity index (χ2v) is 6.05. The van der Waals surface area contributed by atoms with Gasteiger partial charge in [-0.3, -0.25) is 4.79 Å². The molecule has 3 rings (SSSR count). The molecule has 0 bridgehead atoms. The number of carbonyl (C=O) groups is 1. The van der Waals surface area contributed by atoms with Crippen molar-refractivity contribution < 1.29 is 4.79 Å². The second kappa shape index (κ2) is 6.40. The van der Waals surface area contributed by atoms with E-state index in [2.05, 4.69) is 22.8 Å². The summed E-state index contributed by atoms with van der Waals surface area (Å²) in [6.45, 7) is 1.91. The molecule has 1 saturated carbocycles. The molecule has 0 unspecified atom stereocenters. The van der Waals surface area contributed by atoms with Crippen LogP contribution in [-0.2, 0) is 17.8 Å². The van der Waals surface area contributed by atoms with Crippen LogP contribution in [0.2, 0.25) is 0 Å². The number of amides is 1. The maximum atomic E-state index is 12.5. The van der Waals surface area contributed by atoms with Crippen LogP contribution in [0.15, 0.2) is 18.2 Å². The van der Waals surface area contributed by atoms with Crippen LogP contribution in [-0.4, -0.2) is 12.5 Å². The third-order valence-corrected chi connectivity index (χ3v) is 4.63. The lowest BCUT2D eigenvalue weighted by molar-refractivity contribution is -0.120. The van der Waals surface area contributed by atoms with E-state index in [1.54, 1.807) is 0 Å². The van der Waals surface area contributed by atoms with Gasteiger partial charge in [0.25, 0.3) is 0 Å². The zero-order valence-corrected chi connectivity index (χ0v) is 12.1. The molecule has 1 amide bonds. The first kappa shape index (κ1) is 13.6. The number of benzene rings is 1. The lowest BCUT2D eigenvalue weighted by Crippen LogP contribution is -2.27. The van der Waals surface area contributed by atoms with Gasteiger partial charge in [0.05, 0.1) is 0 Å². The van der Waals surface area contributed by atoms with Crippen LogP contribution in [0.4, 0.5) is 5.69 Å². The van der Waals surface area contributed by atoms with Gasteiger partial charge in [-0.05, 0) is 43.0 Å². The highest BCUT2D eigenvalue weighted by Gasteiger charge is 2.21. The SMILES string of the molecule is O=C(Nc1cccc2c1CNCC2)C1CCCCCC1. The Labute approximate surface area is 121 Å². The van der Waals surface area contributed by atoms with Crippen molar-refractivity contribution in [1.29, 1.82) is 0 Å². The van der Waals surface area contributed by atoms with E-state index in [0.29, 0.717) is 0 Å². The van der Waals surface area contributed by atoms with Crippen molar-refractivity contribution in [1.82, 2.24) is 5.32 Å². The van der Waals surface area contributed by atoms with Gasteiger partial charge >= 0.3 is 0 Å². The van der Waals surface area contributed by atoms with Gasteiger partial charge in [0.1, 0.15) is 0 Å². The Hall–Kier alpha value is -1.35. The van der Waals surface area contributed by atoms with Gasteiger partial charge < -0.3 is 10.6 Å². The summed E-state index contributed by atoms with van der Waals surface area (Å²) in [7, 11) is 0. The number of fused-ring (bicyclic) bond motifs is 1. The van der Waals surface area contributed by atoms with Gasteiger partial charge in [-0.2, -0.15) is 0 Å². The molecule has 0 spiro atoms. The van der Waals surface area contributed by atoms with Gasteiger partial charge in [0.2, 0.25) is 5.91 Å². The molecule has 0 aromatic heterocycles. The molecule has 2 N–H and O–H groups in total. The Morgan fingerprint density at radius 3 is 2.75 bits per heavy atom. The van der Waals surface area contributed by atoms with Crippen molar-refractivity contribution in [3.63, 3.8) is 0 Å². The fraction of sp³-hybridized carbons (Fsp3) is 0.588. The van der Waals surface area contributed by atoms with Crippen molar-refractivity contribution in [3.8, 4) is 0 Å². The minimum atomic E-state index is 0.213.